The summed E-state index contributed by atoms with van der Waals surface area (Å²) in [7, 11) is 2.93. The Morgan fingerprint density at radius 3 is 2.79 bits per heavy atom. The Hall–Kier alpha value is -2.50. The Bertz CT molecular complexity index is 593. The van der Waals surface area contributed by atoms with Crippen molar-refractivity contribution < 1.29 is 14.3 Å². The zero-order valence-corrected chi connectivity index (χ0v) is 10.8. The molecule has 0 spiro atoms. The first-order valence-electron chi connectivity index (χ1n) is 5.66. The number of carbonyl (C=O) groups excluding carboxylic acids is 1. The van der Waals surface area contributed by atoms with Crippen molar-refractivity contribution in [2.45, 2.75) is 6.54 Å². The van der Waals surface area contributed by atoms with Crippen LogP contribution in [0.5, 0.6) is 5.75 Å². The van der Waals surface area contributed by atoms with E-state index >= 15 is 0 Å². The molecule has 0 amide bonds. The largest absolute Gasteiger partial charge is 0.497 e. The number of carbonyl (C=O) groups is 1. The first-order chi connectivity index (χ1) is 9.12. The Balaban J connectivity index is 2.27. The van der Waals surface area contributed by atoms with Crippen LogP contribution in [-0.4, -0.2) is 30.0 Å². The molecule has 0 radical (unpaired) electrons. The van der Waals surface area contributed by atoms with Crippen LogP contribution in [0.15, 0.2) is 30.6 Å². The Morgan fingerprint density at radius 2 is 2.11 bits per heavy atom. The highest BCUT2D eigenvalue weighted by Crippen LogP contribution is 2.26. The number of aromatic nitrogens is 2. The second-order valence-corrected chi connectivity index (χ2v) is 4.00. The minimum atomic E-state index is -0.347. The highest BCUT2D eigenvalue weighted by molar-refractivity contribution is 5.70. The molecule has 2 N–H and O–H groups in total. The van der Waals surface area contributed by atoms with Crippen molar-refractivity contribution in [1.82, 2.24) is 9.78 Å². The van der Waals surface area contributed by atoms with E-state index in [1.54, 1.807) is 25.6 Å². The molecule has 2 rings (SSSR count). The van der Waals surface area contributed by atoms with Gasteiger partial charge in [-0.3, -0.25) is 9.48 Å². The molecule has 1 aromatic heterocycles. The van der Waals surface area contributed by atoms with E-state index < -0.39 is 0 Å². The van der Waals surface area contributed by atoms with Gasteiger partial charge >= 0.3 is 5.97 Å². The number of nitrogen functional groups attached to an aromatic ring is 1. The maximum Gasteiger partial charge on any atom is 0.327 e. The standard InChI is InChI=1S/C13H15N3O3/c1-18-12-4-9(3-11(14)5-12)10-6-15-16(7-10)8-13(17)19-2/h3-7H,8,14H2,1-2H3. The van der Waals surface area contributed by atoms with Gasteiger partial charge in [0.25, 0.3) is 0 Å². The molecule has 0 bridgehead atoms. The normalized spacial score (nSPS) is 10.2. The number of nitrogens with zero attached hydrogens (tertiary/aromatic N) is 2. The predicted octanol–water partition coefficient (Wildman–Crippen LogP) is 1.31. The molecule has 0 aliphatic carbocycles. The maximum atomic E-state index is 11.2. The van der Waals surface area contributed by atoms with Crippen molar-refractivity contribution in [3.63, 3.8) is 0 Å². The molecule has 6 heteroatoms. The first-order valence-corrected chi connectivity index (χ1v) is 5.66. The van der Waals surface area contributed by atoms with Crippen molar-refractivity contribution in [2.75, 3.05) is 20.0 Å². The van der Waals surface area contributed by atoms with Gasteiger partial charge in [-0.25, -0.2) is 0 Å². The van der Waals surface area contributed by atoms with Gasteiger partial charge in [-0.1, -0.05) is 0 Å². The third kappa shape index (κ3) is 3.04. The third-order valence-corrected chi connectivity index (χ3v) is 2.65. The second kappa shape index (κ2) is 5.43. The summed E-state index contributed by atoms with van der Waals surface area (Å²) >= 11 is 0. The van der Waals surface area contributed by atoms with Gasteiger partial charge in [0.05, 0.1) is 20.4 Å². The van der Waals surface area contributed by atoms with Crippen LogP contribution in [0, 0.1) is 0 Å². The topological polar surface area (TPSA) is 79.4 Å². The molecular formula is C13H15N3O3. The van der Waals surface area contributed by atoms with E-state index in [1.165, 1.54) is 11.8 Å². The monoisotopic (exact) mass is 261 g/mol. The van der Waals surface area contributed by atoms with Crippen LogP contribution in [0.4, 0.5) is 5.69 Å². The predicted molar refractivity (Wildman–Crippen MR) is 70.6 cm³/mol. The first kappa shape index (κ1) is 12.9. The number of nitrogens with two attached hydrogens (primary N) is 1. The van der Waals surface area contributed by atoms with Gasteiger partial charge in [0, 0.05) is 23.5 Å². The van der Waals surface area contributed by atoms with E-state index in [1.807, 2.05) is 12.1 Å². The van der Waals surface area contributed by atoms with E-state index in [-0.39, 0.29) is 12.5 Å². The number of rotatable bonds is 4. The second-order valence-electron chi connectivity index (χ2n) is 4.00. The molecule has 0 aliphatic rings. The number of hydrogen-bond donors (Lipinski definition) is 1. The van der Waals surface area contributed by atoms with E-state index in [4.69, 9.17) is 10.5 Å². The number of anilines is 1. The lowest BCUT2D eigenvalue weighted by Gasteiger charge is -2.04. The molecule has 0 atom stereocenters. The minimum absolute atomic E-state index is 0.0793. The Morgan fingerprint density at radius 1 is 1.32 bits per heavy atom. The molecule has 100 valence electrons. The summed E-state index contributed by atoms with van der Waals surface area (Å²) in [6, 6.07) is 5.42. The van der Waals surface area contributed by atoms with Gasteiger partial charge in [0.1, 0.15) is 12.3 Å². The molecular weight excluding hydrogens is 246 g/mol. The third-order valence-electron chi connectivity index (χ3n) is 2.65. The van der Waals surface area contributed by atoms with Gasteiger partial charge in [-0.2, -0.15) is 5.10 Å². The van der Waals surface area contributed by atoms with Crippen LogP contribution in [-0.2, 0) is 16.1 Å². The minimum Gasteiger partial charge on any atom is -0.497 e. The lowest BCUT2D eigenvalue weighted by Crippen LogP contribution is -2.11. The lowest BCUT2D eigenvalue weighted by molar-refractivity contribution is -0.141. The van der Waals surface area contributed by atoms with Crippen molar-refractivity contribution in [1.29, 1.82) is 0 Å². The van der Waals surface area contributed by atoms with Crippen LogP contribution in [0.25, 0.3) is 11.1 Å². The summed E-state index contributed by atoms with van der Waals surface area (Å²) in [6.07, 6.45) is 3.42. The van der Waals surface area contributed by atoms with Gasteiger partial charge in [-0.05, 0) is 17.7 Å². The summed E-state index contributed by atoms with van der Waals surface area (Å²) in [5.74, 6) is 0.329. The van der Waals surface area contributed by atoms with Crippen molar-refractivity contribution in [2.24, 2.45) is 0 Å². The summed E-state index contributed by atoms with van der Waals surface area (Å²) in [5.41, 5.74) is 8.15. The average molecular weight is 261 g/mol. The molecule has 0 saturated carbocycles. The van der Waals surface area contributed by atoms with Gasteiger partial charge in [0.2, 0.25) is 0 Å². The van der Waals surface area contributed by atoms with Crippen LogP contribution >= 0.6 is 0 Å². The fourth-order valence-corrected chi connectivity index (χ4v) is 1.70. The molecule has 0 aliphatic heterocycles. The highest BCUT2D eigenvalue weighted by atomic mass is 16.5. The molecule has 2 aromatic rings. The summed E-state index contributed by atoms with van der Waals surface area (Å²) in [6.45, 7) is 0.0793. The highest BCUT2D eigenvalue weighted by Gasteiger charge is 2.07. The zero-order valence-electron chi connectivity index (χ0n) is 10.8. The Labute approximate surface area is 110 Å². The van der Waals surface area contributed by atoms with E-state index in [9.17, 15) is 4.79 Å². The smallest absolute Gasteiger partial charge is 0.327 e. The number of benzene rings is 1. The fraction of sp³-hybridized carbons (Fsp3) is 0.231. The fourth-order valence-electron chi connectivity index (χ4n) is 1.70. The van der Waals surface area contributed by atoms with Gasteiger partial charge < -0.3 is 15.2 Å². The van der Waals surface area contributed by atoms with Crippen molar-refractivity contribution in [3.8, 4) is 16.9 Å². The van der Waals surface area contributed by atoms with Crippen molar-refractivity contribution in [3.05, 3.63) is 30.6 Å². The number of methoxy groups -OCH3 is 2. The molecule has 1 heterocycles. The molecule has 0 unspecified atom stereocenters. The molecule has 0 saturated heterocycles. The van der Waals surface area contributed by atoms with Gasteiger partial charge in [0.15, 0.2) is 0 Å². The Kier molecular flexibility index (Phi) is 3.70. The number of esters is 1. The van der Waals surface area contributed by atoms with E-state index in [2.05, 4.69) is 9.84 Å². The lowest BCUT2D eigenvalue weighted by atomic mass is 10.1. The maximum absolute atomic E-state index is 11.2. The molecule has 1 aromatic carbocycles. The van der Waals surface area contributed by atoms with Crippen molar-refractivity contribution >= 4 is 11.7 Å². The van der Waals surface area contributed by atoms with Gasteiger partial charge in [-0.15, -0.1) is 0 Å². The summed E-state index contributed by atoms with van der Waals surface area (Å²) in [4.78, 5) is 11.2. The molecule has 0 fully saturated rings. The average Bonchev–Trinajstić information content (AvgIpc) is 2.86. The SMILES string of the molecule is COC(=O)Cn1cc(-c2cc(N)cc(OC)c2)cn1. The number of ether oxygens (including phenoxy) is 2. The quantitative estimate of drug-likeness (QED) is 0.663. The summed E-state index contributed by atoms with van der Waals surface area (Å²) < 4.78 is 11.3. The van der Waals surface area contributed by atoms with E-state index in [0.717, 1.165) is 11.1 Å². The van der Waals surface area contributed by atoms with Crippen LogP contribution in [0.2, 0.25) is 0 Å². The summed E-state index contributed by atoms with van der Waals surface area (Å²) in [5, 5.41) is 4.10. The van der Waals surface area contributed by atoms with Crippen LogP contribution in [0.1, 0.15) is 0 Å². The number of hydrogen-bond acceptors (Lipinski definition) is 5. The van der Waals surface area contributed by atoms with Crippen LogP contribution in [0.3, 0.4) is 0 Å². The zero-order chi connectivity index (χ0) is 13.8. The van der Waals surface area contributed by atoms with Crippen LogP contribution < -0.4 is 10.5 Å². The molecule has 19 heavy (non-hydrogen) atoms. The van der Waals surface area contributed by atoms with E-state index in [0.29, 0.717) is 11.4 Å². The molecule has 6 nitrogen and oxygen atoms in total.